The van der Waals surface area contributed by atoms with Crippen LogP contribution in [0.1, 0.15) is 0 Å². The number of rotatable bonds is 1. The van der Waals surface area contributed by atoms with Crippen LogP contribution in [0, 0.1) is 17.5 Å². The molecule has 6 heteroatoms. The zero-order valence-electron chi connectivity index (χ0n) is 10.4. The van der Waals surface area contributed by atoms with Crippen LogP contribution in [0.3, 0.4) is 0 Å². The zero-order valence-corrected chi connectivity index (χ0v) is 10.4. The van der Waals surface area contributed by atoms with Crippen molar-refractivity contribution in [2.24, 2.45) is 0 Å². The molecule has 3 aromatic rings. The first kappa shape index (κ1) is 13.2. The summed E-state index contributed by atoms with van der Waals surface area (Å²) in [6.07, 6.45) is 0. The molecule has 0 fully saturated rings. The second-order valence-corrected chi connectivity index (χ2v) is 4.41. The highest BCUT2D eigenvalue weighted by Gasteiger charge is 2.17. The van der Waals surface area contributed by atoms with Gasteiger partial charge in [0.15, 0.2) is 5.76 Å². The van der Waals surface area contributed by atoms with Crippen molar-refractivity contribution in [2.45, 2.75) is 0 Å². The molecular formula is C15H7F3O3. The van der Waals surface area contributed by atoms with Gasteiger partial charge in [0.1, 0.15) is 23.0 Å². The first-order chi connectivity index (χ1) is 9.95. The molecule has 0 atom stereocenters. The van der Waals surface area contributed by atoms with Gasteiger partial charge in [0.25, 0.3) is 0 Å². The molecule has 0 bridgehead atoms. The van der Waals surface area contributed by atoms with Gasteiger partial charge < -0.3 is 9.52 Å². The SMILES string of the molecule is O=c1c(O)c(-c2cc(F)cc(F)c2)oc2cc(F)ccc12. The lowest BCUT2D eigenvalue weighted by Gasteiger charge is -2.06. The van der Waals surface area contributed by atoms with Gasteiger partial charge in [0.05, 0.1) is 5.39 Å². The van der Waals surface area contributed by atoms with E-state index < -0.39 is 34.4 Å². The molecule has 0 unspecified atom stereocenters. The fourth-order valence-corrected chi connectivity index (χ4v) is 2.04. The van der Waals surface area contributed by atoms with Crippen molar-refractivity contribution in [3.8, 4) is 17.1 Å². The third-order valence-electron chi connectivity index (χ3n) is 2.96. The molecular weight excluding hydrogens is 285 g/mol. The molecule has 21 heavy (non-hydrogen) atoms. The Morgan fingerprint density at radius 3 is 2.24 bits per heavy atom. The lowest BCUT2D eigenvalue weighted by Crippen LogP contribution is -2.03. The standard InChI is InChI=1S/C15H7F3O3/c16-8-1-2-11-12(6-8)21-15(14(20)13(11)19)7-3-9(17)5-10(18)4-7/h1-6,20H. The van der Waals surface area contributed by atoms with Gasteiger partial charge in [-0.05, 0) is 24.3 Å². The van der Waals surface area contributed by atoms with Crippen molar-refractivity contribution < 1.29 is 22.7 Å². The highest BCUT2D eigenvalue weighted by atomic mass is 19.1. The van der Waals surface area contributed by atoms with Crippen molar-refractivity contribution in [1.29, 1.82) is 0 Å². The number of fused-ring (bicyclic) bond motifs is 1. The summed E-state index contributed by atoms with van der Waals surface area (Å²) in [6.45, 7) is 0. The summed E-state index contributed by atoms with van der Waals surface area (Å²) >= 11 is 0. The summed E-state index contributed by atoms with van der Waals surface area (Å²) < 4.78 is 44.9. The largest absolute Gasteiger partial charge is 0.502 e. The molecule has 0 amide bonds. The summed E-state index contributed by atoms with van der Waals surface area (Å²) in [5, 5.41) is 9.82. The van der Waals surface area contributed by atoms with Crippen LogP contribution < -0.4 is 5.43 Å². The van der Waals surface area contributed by atoms with Gasteiger partial charge in [-0.2, -0.15) is 0 Å². The Morgan fingerprint density at radius 1 is 0.905 bits per heavy atom. The minimum Gasteiger partial charge on any atom is -0.502 e. The maximum atomic E-state index is 13.2. The Bertz CT molecular complexity index is 896. The van der Waals surface area contributed by atoms with Crippen molar-refractivity contribution in [1.82, 2.24) is 0 Å². The summed E-state index contributed by atoms with van der Waals surface area (Å²) in [5.41, 5.74) is -1.10. The van der Waals surface area contributed by atoms with E-state index in [0.717, 1.165) is 30.3 Å². The molecule has 3 nitrogen and oxygen atoms in total. The Labute approximate surface area is 115 Å². The molecule has 2 aromatic carbocycles. The lowest BCUT2D eigenvalue weighted by molar-refractivity contribution is 0.448. The molecule has 0 aliphatic carbocycles. The van der Waals surface area contributed by atoms with E-state index in [-0.39, 0.29) is 16.5 Å². The molecule has 0 radical (unpaired) electrons. The Balaban J connectivity index is 2.37. The molecule has 0 spiro atoms. The highest BCUT2D eigenvalue weighted by molar-refractivity contribution is 5.81. The lowest BCUT2D eigenvalue weighted by atomic mass is 10.1. The molecule has 1 heterocycles. The van der Waals surface area contributed by atoms with Gasteiger partial charge in [0, 0.05) is 17.7 Å². The number of hydrogen-bond donors (Lipinski definition) is 1. The predicted octanol–water partition coefficient (Wildman–Crippen LogP) is 3.58. The molecule has 0 aliphatic heterocycles. The highest BCUT2D eigenvalue weighted by Crippen LogP contribution is 2.31. The van der Waals surface area contributed by atoms with Crippen molar-refractivity contribution in [3.05, 3.63) is 64.1 Å². The summed E-state index contributed by atoms with van der Waals surface area (Å²) in [5.74, 6) is -3.65. The van der Waals surface area contributed by atoms with E-state index in [1.54, 1.807) is 0 Å². The fraction of sp³-hybridized carbons (Fsp3) is 0. The number of halogens is 3. The van der Waals surface area contributed by atoms with E-state index in [9.17, 15) is 23.1 Å². The van der Waals surface area contributed by atoms with Crippen molar-refractivity contribution in [3.63, 3.8) is 0 Å². The van der Waals surface area contributed by atoms with Crippen LogP contribution in [-0.2, 0) is 0 Å². The number of benzene rings is 2. The van der Waals surface area contributed by atoms with E-state index in [4.69, 9.17) is 4.42 Å². The molecule has 0 saturated carbocycles. The van der Waals surface area contributed by atoms with Gasteiger partial charge in [-0.3, -0.25) is 4.79 Å². The topological polar surface area (TPSA) is 50.4 Å². The Morgan fingerprint density at radius 2 is 1.57 bits per heavy atom. The van der Waals surface area contributed by atoms with Crippen LogP contribution in [0.25, 0.3) is 22.3 Å². The molecule has 3 rings (SSSR count). The first-order valence-corrected chi connectivity index (χ1v) is 5.87. The quantitative estimate of drug-likeness (QED) is 0.745. The minimum atomic E-state index is -0.897. The van der Waals surface area contributed by atoms with Crippen molar-refractivity contribution >= 4 is 11.0 Å². The average Bonchev–Trinajstić information content (AvgIpc) is 2.41. The van der Waals surface area contributed by atoms with E-state index >= 15 is 0 Å². The van der Waals surface area contributed by atoms with Crippen LogP contribution in [0.4, 0.5) is 13.2 Å². The monoisotopic (exact) mass is 292 g/mol. The predicted molar refractivity (Wildman–Crippen MR) is 69.5 cm³/mol. The summed E-state index contributed by atoms with van der Waals surface area (Å²) in [4.78, 5) is 12.0. The Kier molecular flexibility index (Phi) is 2.94. The van der Waals surface area contributed by atoms with Crippen LogP contribution in [0.5, 0.6) is 5.75 Å². The normalized spacial score (nSPS) is 11.0. The number of hydrogen-bond acceptors (Lipinski definition) is 3. The maximum Gasteiger partial charge on any atom is 0.235 e. The Hall–Kier alpha value is -2.76. The van der Waals surface area contributed by atoms with Gasteiger partial charge in [0.2, 0.25) is 11.2 Å². The van der Waals surface area contributed by atoms with E-state index in [2.05, 4.69) is 0 Å². The summed E-state index contributed by atoms with van der Waals surface area (Å²) in [7, 11) is 0. The molecule has 0 saturated heterocycles. The van der Waals surface area contributed by atoms with Crippen molar-refractivity contribution in [2.75, 3.05) is 0 Å². The van der Waals surface area contributed by atoms with E-state index in [0.29, 0.717) is 6.07 Å². The van der Waals surface area contributed by atoms with Gasteiger partial charge in [-0.1, -0.05) is 0 Å². The smallest absolute Gasteiger partial charge is 0.235 e. The van der Waals surface area contributed by atoms with Crippen LogP contribution in [-0.4, -0.2) is 5.11 Å². The second kappa shape index (κ2) is 4.66. The molecule has 106 valence electrons. The molecule has 1 N–H and O–H groups in total. The van der Waals surface area contributed by atoms with Gasteiger partial charge >= 0.3 is 0 Å². The third-order valence-corrected chi connectivity index (χ3v) is 2.96. The van der Waals surface area contributed by atoms with E-state index in [1.165, 1.54) is 0 Å². The first-order valence-electron chi connectivity index (χ1n) is 5.87. The van der Waals surface area contributed by atoms with E-state index in [1.807, 2.05) is 0 Å². The van der Waals surface area contributed by atoms with Crippen LogP contribution in [0.15, 0.2) is 45.6 Å². The molecule has 1 aromatic heterocycles. The number of aromatic hydroxyl groups is 1. The minimum absolute atomic E-state index is 0.0328. The maximum absolute atomic E-state index is 13.2. The van der Waals surface area contributed by atoms with Gasteiger partial charge in [-0.25, -0.2) is 13.2 Å². The second-order valence-electron chi connectivity index (χ2n) is 4.41. The zero-order chi connectivity index (χ0) is 15.1. The third kappa shape index (κ3) is 2.24. The molecule has 0 aliphatic rings. The van der Waals surface area contributed by atoms with Gasteiger partial charge in [-0.15, -0.1) is 0 Å². The summed E-state index contributed by atoms with van der Waals surface area (Å²) in [6, 6.07) is 5.58. The fourth-order valence-electron chi connectivity index (χ4n) is 2.04. The average molecular weight is 292 g/mol. The van der Waals surface area contributed by atoms with Crippen LogP contribution >= 0.6 is 0 Å². The van der Waals surface area contributed by atoms with Crippen LogP contribution in [0.2, 0.25) is 0 Å².